The number of aromatic nitrogens is 3. The predicted octanol–water partition coefficient (Wildman–Crippen LogP) is 1.91. The smallest absolute Gasteiger partial charge is 0.252 e. The molecule has 104 valence electrons. The third-order valence-electron chi connectivity index (χ3n) is 2.64. The fourth-order valence-electron chi connectivity index (χ4n) is 1.66. The highest BCUT2D eigenvalue weighted by Crippen LogP contribution is 2.22. The second kappa shape index (κ2) is 6.50. The molecule has 0 aliphatic carbocycles. The fourth-order valence-corrected chi connectivity index (χ4v) is 2.77. The van der Waals surface area contributed by atoms with Crippen molar-refractivity contribution in [3.63, 3.8) is 0 Å². The Morgan fingerprint density at radius 1 is 1.60 bits per heavy atom. The van der Waals surface area contributed by atoms with Crippen LogP contribution in [0.2, 0.25) is 4.34 Å². The van der Waals surface area contributed by atoms with Crippen LogP contribution < -0.4 is 0 Å². The van der Waals surface area contributed by atoms with Gasteiger partial charge in [-0.1, -0.05) is 11.6 Å². The van der Waals surface area contributed by atoms with Crippen molar-refractivity contribution in [2.75, 3.05) is 6.54 Å². The molecule has 8 heteroatoms. The average molecular weight is 310 g/mol. The average Bonchev–Trinajstić information content (AvgIpc) is 3.04. The Kier molecular flexibility index (Phi) is 4.71. The van der Waals surface area contributed by atoms with Crippen LogP contribution in [0.4, 0.5) is 0 Å². The van der Waals surface area contributed by atoms with Gasteiger partial charge in [0.2, 0.25) is 5.91 Å². The molecule has 0 aromatic carbocycles. The van der Waals surface area contributed by atoms with E-state index in [9.17, 15) is 4.79 Å². The summed E-state index contributed by atoms with van der Waals surface area (Å²) in [5.74, 6) is -0.0164. The lowest BCUT2D eigenvalue weighted by atomic mass is 10.4. The van der Waals surface area contributed by atoms with E-state index in [1.807, 2.05) is 25.1 Å². The summed E-state index contributed by atoms with van der Waals surface area (Å²) in [6.45, 7) is 3.09. The standard InChI is InChI=1S/C12H12ClN5OS/c1-2-17(6-9-3-4-10(13)20-9)12(19)7-18-8-15-11(5-14)16-18/h3-4,8H,2,6-7H2,1H3. The predicted molar refractivity (Wildman–Crippen MR) is 75.2 cm³/mol. The maximum absolute atomic E-state index is 12.2. The summed E-state index contributed by atoms with van der Waals surface area (Å²) in [5.41, 5.74) is 0. The first kappa shape index (κ1) is 14.5. The Hall–Kier alpha value is -1.91. The van der Waals surface area contributed by atoms with E-state index >= 15 is 0 Å². The summed E-state index contributed by atoms with van der Waals surface area (Å²) >= 11 is 7.33. The zero-order valence-corrected chi connectivity index (χ0v) is 12.4. The molecule has 0 radical (unpaired) electrons. The highest BCUT2D eigenvalue weighted by Gasteiger charge is 2.14. The third kappa shape index (κ3) is 3.56. The van der Waals surface area contributed by atoms with E-state index in [1.54, 1.807) is 4.90 Å². The van der Waals surface area contributed by atoms with Crippen LogP contribution in [0.3, 0.4) is 0 Å². The Bertz CT molecular complexity index is 644. The molecule has 2 rings (SSSR count). The van der Waals surface area contributed by atoms with E-state index in [4.69, 9.17) is 16.9 Å². The van der Waals surface area contributed by atoms with E-state index in [-0.39, 0.29) is 18.3 Å². The number of carbonyl (C=O) groups is 1. The van der Waals surface area contributed by atoms with Crippen molar-refractivity contribution in [1.29, 1.82) is 5.26 Å². The molecule has 0 fully saturated rings. The van der Waals surface area contributed by atoms with Crippen LogP contribution in [0.5, 0.6) is 0 Å². The fraction of sp³-hybridized carbons (Fsp3) is 0.333. The largest absolute Gasteiger partial charge is 0.336 e. The van der Waals surface area contributed by atoms with Crippen molar-refractivity contribution in [3.8, 4) is 6.07 Å². The molecule has 0 spiro atoms. The lowest BCUT2D eigenvalue weighted by molar-refractivity contribution is -0.132. The molecular weight excluding hydrogens is 298 g/mol. The SMILES string of the molecule is CCN(Cc1ccc(Cl)s1)C(=O)Cn1cnc(C#N)n1. The van der Waals surface area contributed by atoms with Crippen LogP contribution in [-0.2, 0) is 17.9 Å². The molecule has 20 heavy (non-hydrogen) atoms. The van der Waals surface area contributed by atoms with Gasteiger partial charge < -0.3 is 4.90 Å². The van der Waals surface area contributed by atoms with Crippen molar-refractivity contribution in [1.82, 2.24) is 19.7 Å². The summed E-state index contributed by atoms with van der Waals surface area (Å²) in [6.07, 6.45) is 1.38. The molecule has 2 heterocycles. The molecule has 6 nitrogen and oxygen atoms in total. The maximum atomic E-state index is 12.2. The molecule has 1 amide bonds. The summed E-state index contributed by atoms with van der Waals surface area (Å²) < 4.78 is 2.07. The van der Waals surface area contributed by atoms with Gasteiger partial charge in [0.25, 0.3) is 5.82 Å². The quantitative estimate of drug-likeness (QED) is 0.845. The van der Waals surface area contributed by atoms with E-state index in [2.05, 4.69) is 10.1 Å². The minimum absolute atomic E-state index is 0.0610. The third-order valence-corrected chi connectivity index (χ3v) is 3.86. The van der Waals surface area contributed by atoms with Crippen LogP contribution in [-0.4, -0.2) is 32.1 Å². The number of carbonyl (C=O) groups excluding carboxylic acids is 1. The maximum Gasteiger partial charge on any atom is 0.252 e. The molecule has 0 aliphatic heterocycles. The van der Waals surface area contributed by atoms with Gasteiger partial charge in [-0.05, 0) is 19.1 Å². The Labute approximate surface area is 125 Å². The minimum atomic E-state index is -0.0774. The second-order valence-electron chi connectivity index (χ2n) is 3.99. The molecule has 0 atom stereocenters. The number of likely N-dealkylation sites (N-methyl/N-ethyl adjacent to an activating group) is 1. The van der Waals surface area contributed by atoms with E-state index in [1.165, 1.54) is 22.3 Å². The molecular formula is C12H12ClN5OS. The van der Waals surface area contributed by atoms with E-state index in [0.717, 1.165) is 4.88 Å². The molecule has 0 unspecified atom stereocenters. The minimum Gasteiger partial charge on any atom is -0.336 e. The van der Waals surface area contributed by atoms with E-state index in [0.29, 0.717) is 17.4 Å². The van der Waals surface area contributed by atoms with Gasteiger partial charge in [-0.15, -0.1) is 16.4 Å². The summed E-state index contributed by atoms with van der Waals surface area (Å²) in [5, 5.41) is 12.5. The topological polar surface area (TPSA) is 74.8 Å². The number of thiophene rings is 1. The number of amides is 1. The lowest BCUT2D eigenvalue weighted by Crippen LogP contribution is -2.33. The van der Waals surface area contributed by atoms with Gasteiger partial charge in [-0.3, -0.25) is 4.79 Å². The number of rotatable bonds is 5. The van der Waals surface area contributed by atoms with Crippen molar-refractivity contribution in [2.24, 2.45) is 0 Å². The number of hydrogen-bond acceptors (Lipinski definition) is 5. The molecule has 0 bridgehead atoms. The Morgan fingerprint density at radius 3 is 2.95 bits per heavy atom. The second-order valence-corrected chi connectivity index (χ2v) is 5.79. The van der Waals surface area contributed by atoms with Crippen LogP contribution in [0.25, 0.3) is 0 Å². The van der Waals surface area contributed by atoms with Gasteiger partial charge in [-0.25, -0.2) is 9.67 Å². The van der Waals surface area contributed by atoms with Gasteiger partial charge in [0.1, 0.15) is 18.9 Å². The van der Waals surface area contributed by atoms with Gasteiger partial charge in [0.15, 0.2) is 0 Å². The summed E-state index contributed by atoms with van der Waals surface area (Å²) in [4.78, 5) is 18.7. The Balaban J connectivity index is 2.00. The van der Waals surface area contributed by atoms with Gasteiger partial charge >= 0.3 is 0 Å². The highest BCUT2D eigenvalue weighted by atomic mass is 35.5. The molecule has 0 N–H and O–H groups in total. The first-order valence-electron chi connectivity index (χ1n) is 5.94. The number of hydrogen-bond donors (Lipinski definition) is 0. The van der Waals surface area contributed by atoms with Gasteiger partial charge in [-0.2, -0.15) is 5.26 Å². The molecule has 0 saturated heterocycles. The van der Waals surface area contributed by atoms with Crippen LogP contribution >= 0.6 is 22.9 Å². The highest BCUT2D eigenvalue weighted by molar-refractivity contribution is 7.16. The number of halogens is 1. The summed E-state index contributed by atoms with van der Waals surface area (Å²) in [6, 6.07) is 5.55. The Morgan fingerprint density at radius 2 is 2.40 bits per heavy atom. The number of nitriles is 1. The molecule has 0 aliphatic rings. The first-order chi connectivity index (χ1) is 9.62. The van der Waals surface area contributed by atoms with Gasteiger partial charge in [0.05, 0.1) is 10.9 Å². The number of nitrogens with zero attached hydrogens (tertiary/aromatic N) is 5. The first-order valence-corrected chi connectivity index (χ1v) is 7.13. The molecule has 2 aromatic rings. The van der Waals surface area contributed by atoms with Crippen LogP contribution in [0, 0.1) is 11.3 Å². The van der Waals surface area contributed by atoms with Gasteiger partial charge in [0, 0.05) is 11.4 Å². The molecule has 2 aromatic heterocycles. The van der Waals surface area contributed by atoms with E-state index < -0.39 is 0 Å². The van der Waals surface area contributed by atoms with Crippen molar-refractivity contribution in [2.45, 2.75) is 20.0 Å². The van der Waals surface area contributed by atoms with Crippen molar-refractivity contribution in [3.05, 3.63) is 33.5 Å². The molecule has 0 saturated carbocycles. The normalized spacial score (nSPS) is 10.2. The van der Waals surface area contributed by atoms with Crippen LogP contribution in [0.1, 0.15) is 17.6 Å². The van der Waals surface area contributed by atoms with Crippen molar-refractivity contribution >= 4 is 28.8 Å². The monoisotopic (exact) mass is 309 g/mol. The zero-order valence-electron chi connectivity index (χ0n) is 10.8. The van der Waals surface area contributed by atoms with Crippen molar-refractivity contribution < 1.29 is 4.79 Å². The lowest BCUT2D eigenvalue weighted by Gasteiger charge is -2.19. The summed E-state index contributed by atoms with van der Waals surface area (Å²) in [7, 11) is 0. The van der Waals surface area contributed by atoms with Crippen LogP contribution in [0.15, 0.2) is 18.5 Å². The zero-order chi connectivity index (χ0) is 14.5.